The van der Waals surface area contributed by atoms with Crippen LogP contribution in [0.4, 0.5) is 4.39 Å². The largest absolute Gasteiger partial charge is 0.294 e. The third-order valence-electron chi connectivity index (χ3n) is 1.59. The summed E-state index contributed by atoms with van der Waals surface area (Å²) in [4.78, 5) is 11.0. The zero-order chi connectivity index (χ0) is 10.0. The number of rotatable bonds is 1. The monoisotopic (exact) mass is 289 g/mol. The number of hydrogen-bond donors (Lipinski definition) is 0. The van der Waals surface area contributed by atoms with Crippen LogP contribution in [0.3, 0.4) is 0 Å². The van der Waals surface area contributed by atoms with Gasteiger partial charge < -0.3 is 0 Å². The predicted octanol–water partition coefficient (Wildman–Crippen LogP) is 2.50. The van der Waals surface area contributed by atoms with E-state index in [-0.39, 0.29) is 20.5 Å². The number of Topliss-reactive ketones (excluding diaryl/α,β-unsaturated/α-hetero) is 1. The predicted molar refractivity (Wildman–Crippen MR) is 53.8 cm³/mol. The maximum absolute atomic E-state index is 12.9. The van der Waals surface area contributed by atoms with Crippen molar-refractivity contribution in [2.75, 3.05) is 0 Å². The van der Waals surface area contributed by atoms with E-state index in [4.69, 9.17) is 5.26 Å². The Balaban J connectivity index is 3.50. The first kappa shape index (κ1) is 10.1. The summed E-state index contributed by atoms with van der Waals surface area (Å²) in [6, 6.07) is 4.34. The first-order valence-corrected chi connectivity index (χ1v) is 4.55. The molecule has 0 saturated heterocycles. The van der Waals surface area contributed by atoms with Crippen molar-refractivity contribution in [3.63, 3.8) is 0 Å². The van der Waals surface area contributed by atoms with Crippen molar-refractivity contribution in [3.05, 3.63) is 32.6 Å². The lowest BCUT2D eigenvalue weighted by Crippen LogP contribution is -2.00. The van der Waals surface area contributed by atoms with Crippen LogP contribution in [-0.2, 0) is 0 Å². The van der Waals surface area contributed by atoms with Crippen molar-refractivity contribution in [1.82, 2.24) is 0 Å². The molecule has 0 heterocycles. The van der Waals surface area contributed by atoms with Crippen molar-refractivity contribution in [2.45, 2.75) is 6.92 Å². The minimum atomic E-state index is -0.470. The fourth-order valence-electron chi connectivity index (χ4n) is 0.953. The van der Waals surface area contributed by atoms with Gasteiger partial charge in [0, 0.05) is 5.56 Å². The second kappa shape index (κ2) is 3.83. The van der Waals surface area contributed by atoms with Crippen LogP contribution >= 0.6 is 22.6 Å². The van der Waals surface area contributed by atoms with Crippen LogP contribution < -0.4 is 0 Å². The Hall–Kier alpha value is -0.960. The molecule has 66 valence electrons. The lowest BCUT2D eigenvalue weighted by Gasteiger charge is -2.01. The first-order valence-electron chi connectivity index (χ1n) is 3.47. The highest BCUT2D eigenvalue weighted by atomic mass is 127. The fourth-order valence-corrected chi connectivity index (χ4v) is 1.54. The Labute approximate surface area is 88.5 Å². The molecule has 0 unspecified atom stereocenters. The summed E-state index contributed by atoms with van der Waals surface area (Å²) in [6.07, 6.45) is 0. The number of carbonyl (C=O) groups excluding carboxylic acids is 1. The Morgan fingerprint density at radius 2 is 2.23 bits per heavy atom. The minimum Gasteiger partial charge on any atom is -0.294 e. The summed E-state index contributed by atoms with van der Waals surface area (Å²) in [7, 11) is 0. The Kier molecular flexibility index (Phi) is 2.98. The number of benzene rings is 1. The van der Waals surface area contributed by atoms with Crippen molar-refractivity contribution >= 4 is 28.4 Å². The van der Waals surface area contributed by atoms with Gasteiger partial charge in [-0.2, -0.15) is 5.26 Å². The minimum absolute atomic E-state index is 0.119. The molecular formula is C9H5FINO. The van der Waals surface area contributed by atoms with Crippen molar-refractivity contribution in [3.8, 4) is 6.07 Å². The number of ketones is 1. The number of nitrogens with zero attached hydrogens (tertiary/aromatic N) is 1. The van der Waals surface area contributed by atoms with E-state index in [1.165, 1.54) is 19.1 Å². The van der Waals surface area contributed by atoms with Gasteiger partial charge in [0.05, 0.1) is 9.13 Å². The van der Waals surface area contributed by atoms with Gasteiger partial charge >= 0.3 is 0 Å². The van der Waals surface area contributed by atoms with Crippen LogP contribution in [0.1, 0.15) is 22.8 Å². The molecule has 13 heavy (non-hydrogen) atoms. The summed E-state index contributed by atoms with van der Waals surface area (Å²) in [6.45, 7) is 1.35. The van der Waals surface area contributed by atoms with Gasteiger partial charge in [-0.3, -0.25) is 4.79 Å². The van der Waals surface area contributed by atoms with Crippen molar-refractivity contribution in [2.24, 2.45) is 0 Å². The van der Waals surface area contributed by atoms with Crippen LogP contribution in [-0.4, -0.2) is 5.78 Å². The van der Waals surface area contributed by atoms with Crippen molar-refractivity contribution < 1.29 is 9.18 Å². The summed E-state index contributed by atoms with van der Waals surface area (Å²) in [5, 5.41) is 8.70. The van der Waals surface area contributed by atoms with E-state index in [1.54, 1.807) is 22.6 Å². The molecule has 0 aliphatic heterocycles. The van der Waals surface area contributed by atoms with Gasteiger partial charge in [0.25, 0.3) is 0 Å². The van der Waals surface area contributed by atoms with Crippen molar-refractivity contribution in [1.29, 1.82) is 5.26 Å². The van der Waals surface area contributed by atoms with Gasteiger partial charge in [-0.1, -0.05) is 0 Å². The molecule has 0 radical (unpaired) electrons. The molecule has 1 aromatic rings. The first-order chi connectivity index (χ1) is 6.07. The van der Waals surface area contributed by atoms with Gasteiger partial charge in [-0.15, -0.1) is 0 Å². The second-order valence-corrected chi connectivity index (χ2v) is 3.53. The molecule has 0 saturated carbocycles. The van der Waals surface area contributed by atoms with E-state index < -0.39 is 5.82 Å². The van der Waals surface area contributed by atoms with Gasteiger partial charge in [-0.25, -0.2) is 4.39 Å². The van der Waals surface area contributed by atoms with E-state index >= 15 is 0 Å². The molecule has 0 atom stereocenters. The zero-order valence-electron chi connectivity index (χ0n) is 6.77. The highest BCUT2D eigenvalue weighted by Gasteiger charge is 2.13. The summed E-state index contributed by atoms with van der Waals surface area (Å²) in [5.74, 6) is -0.698. The third kappa shape index (κ3) is 1.86. The SMILES string of the molecule is CC(=O)c1ccc(F)c(I)c1C#N. The van der Waals surface area contributed by atoms with E-state index in [9.17, 15) is 9.18 Å². The summed E-state index contributed by atoms with van der Waals surface area (Å²) in [5.41, 5.74) is 0.390. The van der Waals surface area contributed by atoms with Gasteiger partial charge in [0.1, 0.15) is 11.9 Å². The lowest BCUT2D eigenvalue weighted by atomic mass is 10.1. The van der Waals surface area contributed by atoms with E-state index in [1.807, 2.05) is 6.07 Å². The average molecular weight is 289 g/mol. The molecule has 0 fully saturated rings. The van der Waals surface area contributed by atoms with Crippen LogP contribution in [0.25, 0.3) is 0 Å². The molecule has 1 aromatic carbocycles. The average Bonchev–Trinajstić information content (AvgIpc) is 2.09. The van der Waals surface area contributed by atoms with Crippen LogP contribution in [0.15, 0.2) is 12.1 Å². The van der Waals surface area contributed by atoms with Crippen LogP contribution in [0, 0.1) is 20.7 Å². The molecule has 0 N–H and O–H groups in total. The molecule has 0 aromatic heterocycles. The molecular weight excluding hydrogens is 284 g/mol. The van der Waals surface area contributed by atoms with E-state index in [0.29, 0.717) is 0 Å². The van der Waals surface area contributed by atoms with Gasteiger partial charge in [-0.05, 0) is 41.6 Å². The second-order valence-electron chi connectivity index (χ2n) is 2.45. The zero-order valence-corrected chi connectivity index (χ0v) is 8.92. The molecule has 0 spiro atoms. The smallest absolute Gasteiger partial charge is 0.161 e. The fraction of sp³-hybridized carbons (Fsp3) is 0.111. The molecule has 2 nitrogen and oxygen atoms in total. The maximum atomic E-state index is 12.9. The lowest BCUT2D eigenvalue weighted by molar-refractivity contribution is 0.101. The number of nitriles is 1. The summed E-state index contributed by atoms with van der Waals surface area (Å²) >= 11 is 1.71. The summed E-state index contributed by atoms with van der Waals surface area (Å²) < 4.78 is 13.1. The third-order valence-corrected chi connectivity index (χ3v) is 2.64. The standard InChI is InChI=1S/C9H5FINO/c1-5(13)6-2-3-8(10)9(11)7(6)4-12/h2-3H,1H3. The number of carbonyl (C=O) groups is 1. The molecule has 0 amide bonds. The molecule has 0 aliphatic rings. The number of halogens is 2. The van der Waals surface area contributed by atoms with Crippen LogP contribution in [0.5, 0.6) is 0 Å². The highest BCUT2D eigenvalue weighted by molar-refractivity contribution is 14.1. The van der Waals surface area contributed by atoms with Crippen LogP contribution in [0.2, 0.25) is 0 Å². The van der Waals surface area contributed by atoms with E-state index in [2.05, 4.69) is 0 Å². The van der Waals surface area contributed by atoms with Gasteiger partial charge in [0.15, 0.2) is 5.78 Å². The molecule has 0 aliphatic carbocycles. The highest BCUT2D eigenvalue weighted by Crippen LogP contribution is 2.19. The quantitative estimate of drug-likeness (QED) is 0.588. The molecule has 1 rings (SSSR count). The van der Waals surface area contributed by atoms with Gasteiger partial charge in [0.2, 0.25) is 0 Å². The normalized spacial score (nSPS) is 9.38. The molecule has 4 heteroatoms. The Morgan fingerprint density at radius 1 is 1.62 bits per heavy atom. The Bertz CT molecular complexity index is 409. The number of hydrogen-bond acceptors (Lipinski definition) is 2. The Morgan fingerprint density at radius 3 is 2.69 bits per heavy atom. The topological polar surface area (TPSA) is 40.9 Å². The van der Waals surface area contributed by atoms with E-state index in [0.717, 1.165) is 0 Å². The maximum Gasteiger partial charge on any atom is 0.161 e. The molecule has 0 bridgehead atoms.